The molecule has 0 aromatic heterocycles. The van der Waals surface area contributed by atoms with Gasteiger partial charge in [-0.1, -0.05) is 80.9 Å². The minimum absolute atomic E-state index is 0.154. The first-order valence-electron chi connectivity index (χ1n) is 11.3. The zero-order chi connectivity index (χ0) is 23.8. The van der Waals surface area contributed by atoms with E-state index in [9.17, 15) is 9.59 Å². The lowest BCUT2D eigenvalue weighted by Gasteiger charge is -2.31. The van der Waals surface area contributed by atoms with Gasteiger partial charge in [0.25, 0.3) is 5.91 Å². The Labute approximate surface area is 200 Å². The summed E-state index contributed by atoms with van der Waals surface area (Å²) in [6.07, 6.45) is 0.498. The highest BCUT2D eigenvalue weighted by Crippen LogP contribution is 2.25. The molecule has 0 aliphatic carbocycles. The van der Waals surface area contributed by atoms with Crippen LogP contribution in [0.3, 0.4) is 0 Å². The number of hydrogen-bond donors (Lipinski definition) is 1. The van der Waals surface area contributed by atoms with Crippen molar-refractivity contribution in [3.63, 3.8) is 0 Å². The minimum atomic E-state index is -0.594. The van der Waals surface area contributed by atoms with Crippen molar-refractivity contribution in [2.45, 2.75) is 39.8 Å². The number of hydrogen-bond acceptors (Lipinski definition) is 3. The van der Waals surface area contributed by atoms with Crippen LogP contribution in [0, 0.1) is 5.92 Å². The predicted molar refractivity (Wildman–Crippen MR) is 133 cm³/mol. The third-order valence-electron chi connectivity index (χ3n) is 5.44. The van der Waals surface area contributed by atoms with E-state index in [4.69, 9.17) is 16.3 Å². The van der Waals surface area contributed by atoms with Gasteiger partial charge in [-0.05, 0) is 41.5 Å². The second-order valence-electron chi connectivity index (χ2n) is 8.48. The molecule has 1 atom stereocenters. The Hall–Kier alpha value is -3.05. The van der Waals surface area contributed by atoms with Crippen LogP contribution in [0.1, 0.15) is 32.8 Å². The van der Waals surface area contributed by atoms with E-state index in [-0.39, 0.29) is 18.4 Å². The van der Waals surface area contributed by atoms with Crippen LogP contribution in [0.5, 0.6) is 5.75 Å². The van der Waals surface area contributed by atoms with Crippen LogP contribution in [0.4, 0.5) is 0 Å². The van der Waals surface area contributed by atoms with Gasteiger partial charge in [-0.3, -0.25) is 9.59 Å². The highest BCUT2D eigenvalue weighted by atomic mass is 35.5. The number of nitrogens with one attached hydrogen (secondary N) is 1. The van der Waals surface area contributed by atoms with Gasteiger partial charge in [0.15, 0.2) is 6.61 Å². The SMILES string of the molecule is CC[C@@H](C(=O)NCC(C)C)N(Cc1ccc(Cl)cc1)C(=O)COc1cccc2ccccc12. The van der Waals surface area contributed by atoms with Crippen molar-refractivity contribution in [3.8, 4) is 5.75 Å². The number of fused-ring (bicyclic) bond motifs is 1. The van der Waals surface area contributed by atoms with Gasteiger partial charge in [-0.15, -0.1) is 0 Å². The fourth-order valence-corrected chi connectivity index (χ4v) is 3.80. The van der Waals surface area contributed by atoms with Crippen LogP contribution in [-0.2, 0) is 16.1 Å². The molecule has 0 aliphatic heterocycles. The molecule has 5 nitrogen and oxygen atoms in total. The molecular formula is C27H31ClN2O3. The average Bonchev–Trinajstić information content (AvgIpc) is 2.82. The van der Waals surface area contributed by atoms with Gasteiger partial charge in [0, 0.05) is 23.5 Å². The van der Waals surface area contributed by atoms with E-state index in [1.165, 1.54) is 0 Å². The summed E-state index contributed by atoms with van der Waals surface area (Å²) in [6.45, 7) is 6.68. The van der Waals surface area contributed by atoms with Gasteiger partial charge in [0.2, 0.25) is 5.91 Å². The normalized spacial score (nSPS) is 11.9. The van der Waals surface area contributed by atoms with E-state index in [1.54, 1.807) is 17.0 Å². The molecule has 0 saturated carbocycles. The van der Waals surface area contributed by atoms with Gasteiger partial charge >= 0.3 is 0 Å². The number of rotatable bonds is 10. The highest BCUT2D eigenvalue weighted by molar-refractivity contribution is 6.30. The van der Waals surface area contributed by atoms with Crippen molar-refractivity contribution in [3.05, 3.63) is 77.3 Å². The number of ether oxygens (including phenoxy) is 1. The number of carbonyl (C=O) groups excluding carboxylic acids is 2. The monoisotopic (exact) mass is 466 g/mol. The molecule has 0 unspecified atom stereocenters. The van der Waals surface area contributed by atoms with Crippen molar-refractivity contribution in [1.82, 2.24) is 10.2 Å². The largest absolute Gasteiger partial charge is 0.483 e. The van der Waals surface area contributed by atoms with E-state index in [0.29, 0.717) is 36.2 Å². The zero-order valence-corrected chi connectivity index (χ0v) is 20.1. The molecular weight excluding hydrogens is 436 g/mol. The van der Waals surface area contributed by atoms with Crippen molar-refractivity contribution < 1.29 is 14.3 Å². The van der Waals surface area contributed by atoms with E-state index < -0.39 is 6.04 Å². The van der Waals surface area contributed by atoms with Crippen LogP contribution in [0.15, 0.2) is 66.7 Å². The molecule has 0 fully saturated rings. The summed E-state index contributed by atoms with van der Waals surface area (Å²) in [4.78, 5) is 27.9. The second kappa shape index (κ2) is 11.7. The van der Waals surface area contributed by atoms with Gasteiger partial charge in [-0.2, -0.15) is 0 Å². The van der Waals surface area contributed by atoms with Crippen LogP contribution in [0.25, 0.3) is 10.8 Å². The Balaban J connectivity index is 1.81. The maximum absolute atomic E-state index is 13.4. The number of benzene rings is 3. The summed E-state index contributed by atoms with van der Waals surface area (Å²) in [7, 11) is 0. The molecule has 1 N–H and O–H groups in total. The summed E-state index contributed by atoms with van der Waals surface area (Å²) < 4.78 is 5.95. The smallest absolute Gasteiger partial charge is 0.261 e. The Morgan fingerprint density at radius 2 is 1.70 bits per heavy atom. The molecule has 0 aliphatic rings. The van der Waals surface area contributed by atoms with Crippen molar-refractivity contribution >= 4 is 34.2 Å². The van der Waals surface area contributed by atoms with E-state index in [0.717, 1.165) is 16.3 Å². The van der Waals surface area contributed by atoms with Crippen LogP contribution in [-0.4, -0.2) is 35.9 Å². The van der Waals surface area contributed by atoms with Crippen molar-refractivity contribution in [2.24, 2.45) is 5.92 Å². The van der Waals surface area contributed by atoms with E-state index in [2.05, 4.69) is 5.32 Å². The van der Waals surface area contributed by atoms with E-state index in [1.807, 2.05) is 75.4 Å². The van der Waals surface area contributed by atoms with Gasteiger partial charge in [-0.25, -0.2) is 0 Å². The second-order valence-corrected chi connectivity index (χ2v) is 8.91. The van der Waals surface area contributed by atoms with E-state index >= 15 is 0 Å². The quantitative estimate of drug-likeness (QED) is 0.432. The summed E-state index contributed by atoms with van der Waals surface area (Å²) in [5, 5.41) is 5.57. The first-order valence-corrected chi connectivity index (χ1v) is 11.7. The number of amides is 2. The van der Waals surface area contributed by atoms with Crippen LogP contribution >= 0.6 is 11.6 Å². The summed E-state index contributed by atoms with van der Waals surface area (Å²) >= 11 is 6.02. The Kier molecular flexibility index (Phi) is 8.72. The lowest BCUT2D eigenvalue weighted by molar-refractivity contribution is -0.143. The highest BCUT2D eigenvalue weighted by Gasteiger charge is 2.29. The first-order chi connectivity index (χ1) is 15.9. The molecule has 174 valence electrons. The number of nitrogens with zero attached hydrogens (tertiary/aromatic N) is 1. The molecule has 3 rings (SSSR count). The fraction of sp³-hybridized carbons (Fsp3) is 0.333. The van der Waals surface area contributed by atoms with Crippen molar-refractivity contribution in [2.75, 3.05) is 13.2 Å². The molecule has 0 bridgehead atoms. The average molecular weight is 467 g/mol. The fourth-order valence-electron chi connectivity index (χ4n) is 3.67. The van der Waals surface area contributed by atoms with Crippen LogP contribution in [0.2, 0.25) is 5.02 Å². The molecule has 3 aromatic rings. The van der Waals surface area contributed by atoms with Gasteiger partial charge < -0.3 is 15.0 Å². The topological polar surface area (TPSA) is 58.6 Å². The number of halogens is 1. The maximum Gasteiger partial charge on any atom is 0.261 e. The summed E-state index contributed by atoms with van der Waals surface area (Å²) in [5.41, 5.74) is 0.896. The summed E-state index contributed by atoms with van der Waals surface area (Å²) in [6, 6.07) is 20.3. The van der Waals surface area contributed by atoms with Gasteiger partial charge in [0.05, 0.1) is 0 Å². The third kappa shape index (κ3) is 6.72. The lowest BCUT2D eigenvalue weighted by Crippen LogP contribution is -2.50. The molecule has 3 aromatic carbocycles. The first kappa shape index (κ1) is 24.6. The Morgan fingerprint density at radius 1 is 1.00 bits per heavy atom. The molecule has 33 heavy (non-hydrogen) atoms. The molecule has 0 heterocycles. The maximum atomic E-state index is 13.4. The molecule has 2 amide bonds. The molecule has 6 heteroatoms. The van der Waals surface area contributed by atoms with Gasteiger partial charge in [0.1, 0.15) is 11.8 Å². The summed E-state index contributed by atoms with van der Waals surface area (Å²) in [5.74, 6) is 0.565. The molecule has 0 spiro atoms. The standard InChI is InChI=1S/C27H31ClN2O3/c1-4-24(27(32)29-16-19(2)3)30(17-20-12-14-22(28)15-13-20)26(31)18-33-25-11-7-9-21-8-5-6-10-23(21)25/h5-15,19,24H,4,16-18H2,1-3H3,(H,29,32)/t24-/m0/s1. The van der Waals surface area contributed by atoms with Crippen LogP contribution < -0.4 is 10.1 Å². The Bertz CT molecular complexity index is 1080. The molecule has 0 radical (unpaired) electrons. The zero-order valence-electron chi connectivity index (χ0n) is 19.4. The Morgan fingerprint density at radius 3 is 2.39 bits per heavy atom. The minimum Gasteiger partial charge on any atom is -0.483 e. The lowest BCUT2D eigenvalue weighted by atomic mass is 10.1. The van der Waals surface area contributed by atoms with Crippen molar-refractivity contribution in [1.29, 1.82) is 0 Å². The predicted octanol–water partition coefficient (Wildman–Crippen LogP) is 5.45. The third-order valence-corrected chi connectivity index (χ3v) is 5.69. The number of carbonyl (C=O) groups is 2. The molecule has 0 saturated heterocycles.